The monoisotopic (exact) mass is 214 g/mol. The average Bonchev–Trinajstić information content (AvgIpc) is 2.03. The molecule has 0 aliphatic heterocycles. The van der Waals surface area contributed by atoms with Crippen LogP contribution in [0, 0.1) is 16.7 Å². The van der Waals surface area contributed by atoms with Crippen LogP contribution >= 0.6 is 24.2 Å². The third-order valence-corrected chi connectivity index (χ3v) is 1.75. The van der Waals surface area contributed by atoms with E-state index in [4.69, 9.17) is 16.4 Å². The van der Waals surface area contributed by atoms with Gasteiger partial charge in [-0.2, -0.15) is 5.26 Å². The normalized spacial score (nSPS) is 8.23. The molecule has 0 saturated heterocycles. The number of rotatable bonds is 1. The predicted molar refractivity (Wildman–Crippen MR) is 54.0 cm³/mol. The van der Waals surface area contributed by atoms with E-state index in [0.717, 1.165) is 11.8 Å². The van der Waals surface area contributed by atoms with Crippen molar-refractivity contribution in [1.29, 1.82) is 10.7 Å². The molecule has 3 N–H and O–H groups in total. The van der Waals surface area contributed by atoms with Crippen molar-refractivity contribution >= 4 is 29.3 Å². The lowest BCUT2D eigenvalue weighted by Gasteiger charge is -1.96. The fourth-order valence-corrected chi connectivity index (χ4v) is 1.22. The molecule has 0 fully saturated rings. The molecule has 1 aromatic rings. The third kappa shape index (κ3) is 3.78. The van der Waals surface area contributed by atoms with Gasteiger partial charge in [0.05, 0.1) is 5.56 Å². The summed E-state index contributed by atoms with van der Waals surface area (Å²) in [6.07, 6.45) is 3.02. The maximum atomic E-state index is 8.51. The molecule has 1 heterocycles. The van der Waals surface area contributed by atoms with E-state index in [1.807, 2.05) is 6.07 Å². The van der Waals surface area contributed by atoms with Crippen molar-refractivity contribution in [2.24, 2.45) is 5.73 Å². The molecule has 0 aliphatic carbocycles. The Labute approximate surface area is 86.1 Å². The van der Waals surface area contributed by atoms with E-state index in [9.17, 15) is 0 Å². The molecule has 0 aromatic carbocycles. The second kappa shape index (κ2) is 5.41. The number of pyridine rings is 1. The minimum atomic E-state index is -0.00751. The van der Waals surface area contributed by atoms with Crippen LogP contribution in [0.15, 0.2) is 23.4 Å². The highest BCUT2D eigenvalue weighted by Gasteiger charge is 1.97. The zero-order valence-electron chi connectivity index (χ0n) is 6.52. The van der Waals surface area contributed by atoms with Crippen molar-refractivity contribution in [3.8, 4) is 6.07 Å². The summed E-state index contributed by atoms with van der Waals surface area (Å²) in [5.74, 6) is 0. The fourth-order valence-electron chi connectivity index (χ4n) is 0.663. The van der Waals surface area contributed by atoms with Crippen molar-refractivity contribution in [2.75, 3.05) is 0 Å². The van der Waals surface area contributed by atoms with Crippen LogP contribution in [-0.2, 0) is 0 Å². The lowest BCUT2D eigenvalue weighted by molar-refractivity contribution is 1.22. The van der Waals surface area contributed by atoms with Gasteiger partial charge in [0.1, 0.15) is 6.07 Å². The van der Waals surface area contributed by atoms with Gasteiger partial charge in [0.15, 0.2) is 5.17 Å². The largest absolute Gasteiger partial charge is 0.378 e. The highest BCUT2D eigenvalue weighted by Crippen LogP contribution is 2.16. The Kier molecular flexibility index (Phi) is 4.89. The van der Waals surface area contributed by atoms with Crippen LogP contribution in [0.5, 0.6) is 0 Å². The number of nitrogens with one attached hydrogen (secondary N) is 1. The van der Waals surface area contributed by atoms with Gasteiger partial charge in [0, 0.05) is 17.3 Å². The van der Waals surface area contributed by atoms with Gasteiger partial charge in [-0.3, -0.25) is 10.4 Å². The van der Waals surface area contributed by atoms with Gasteiger partial charge >= 0.3 is 0 Å². The van der Waals surface area contributed by atoms with E-state index in [1.54, 1.807) is 12.3 Å². The summed E-state index contributed by atoms with van der Waals surface area (Å²) in [5.41, 5.74) is 5.62. The van der Waals surface area contributed by atoms with Crippen LogP contribution in [0.4, 0.5) is 0 Å². The highest BCUT2D eigenvalue weighted by atomic mass is 35.5. The number of thioether (sulfide) groups is 1. The van der Waals surface area contributed by atoms with Crippen molar-refractivity contribution < 1.29 is 0 Å². The molecule has 0 spiro atoms. The molecule has 0 saturated carbocycles. The molecular weight excluding hydrogens is 208 g/mol. The van der Waals surface area contributed by atoms with Crippen molar-refractivity contribution in [1.82, 2.24) is 4.98 Å². The summed E-state index contributed by atoms with van der Waals surface area (Å²) in [6, 6.07) is 3.59. The maximum Gasteiger partial charge on any atom is 0.156 e. The lowest BCUT2D eigenvalue weighted by atomic mass is 10.3. The molecule has 0 aliphatic rings. The minimum Gasteiger partial charge on any atom is -0.378 e. The molecule has 0 unspecified atom stereocenters. The van der Waals surface area contributed by atoms with Crippen LogP contribution in [0.3, 0.4) is 0 Å². The number of aromatic nitrogens is 1. The van der Waals surface area contributed by atoms with Gasteiger partial charge in [0.2, 0.25) is 0 Å². The summed E-state index contributed by atoms with van der Waals surface area (Å²) < 4.78 is 0. The number of hydrogen-bond donors (Lipinski definition) is 2. The summed E-state index contributed by atoms with van der Waals surface area (Å²) in [4.78, 5) is 4.52. The molecule has 0 atom stereocenters. The zero-order valence-corrected chi connectivity index (χ0v) is 8.15. The predicted octanol–water partition coefficient (Wildman–Crippen LogP) is 1.36. The summed E-state index contributed by atoms with van der Waals surface area (Å²) in [7, 11) is 0. The first-order valence-electron chi connectivity index (χ1n) is 3.09. The van der Waals surface area contributed by atoms with Crippen LogP contribution in [0.25, 0.3) is 0 Å². The van der Waals surface area contributed by atoms with Gasteiger partial charge in [-0.25, -0.2) is 0 Å². The van der Waals surface area contributed by atoms with E-state index in [0.29, 0.717) is 10.5 Å². The maximum absolute atomic E-state index is 8.51. The van der Waals surface area contributed by atoms with Crippen LogP contribution in [0.2, 0.25) is 0 Å². The Morgan fingerprint density at radius 2 is 2.31 bits per heavy atom. The Morgan fingerprint density at radius 3 is 2.85 bits per heavy atom. The van der Waals surface area contributed by atoms with Gasteiger partial charge < -0.3 is 5.73 Å². The number of nitrogens with two attached hydrogens (primary N) is 1. The van der Waals surface area contributed by atoms with Crippen molar-refractivity contribution in [2.45, 2.75) is 4.90 Å². The Bertz CT molecular complexity index is 347. The van der Waals surface area contributed by atoms with Crippen LogP contribution in [0.1, 0.15) is 5.56 Å². The molecule has 1 rings (SSSR count). The molecule has 6 heteroatoms. The Morgan fingerprint density at radius 1 is 1.62 bits per heavy atom. The Hall–Kier alpha value is -1.25. The van der Waals surface area contributed by atoms with Crippen molar-refractivity contribution in [3.05, 3.63) is 24.0 Å². The fraction of sp³-hybridized carbons (Fsp3) is 0. The molecule has 0 amide bonds. The smallest absolute Gasteiger partial charge is 0.156 e. The number of nitrogens with zero attached hydrogens (tertiary/aromatic N) is 2. The zero-order chi connectivity index (χ0) is 8.97. The van der Waals surface area contributed by atoms with Crippen LogP contribution in [-0.4, -0.2) is 10.2 Å². The number of amidine groups is 1. The first-order valence-corrected chi connectivity index (χ1v) is 3.91. The highest BCUT2D eigenvalue weighted by molar-refractivity contribution is 8.13. The summed E-state index contributed by atoms with van der Waals surface area (Å²) in [6.45, 7) is 0. The second-order valence-corrected chi connectivity index (χ2v) is 3.10. The first kappa shape index (κ1) is 11.8. The van der Waals surface area contributed by atoms with Crippen molar-refractivity contribution in [3.63, 3.8) is 0 Å². The standard InChI is InChI=1S/C7H6N4S.ClH/c8-2-5-1-6(4-11-3-5)12-7(9)10;/h1,3-4H,(H3,9,10);1H. The quantitative estimate of drug-likeness (QED) is 0.420. The molecule has 68 valence electrons. The van der Waals surface area contributed by atoms with E-state index < -0.39 is 0 Å². The van der Waals surface area contributed by atoms with E-state index in [1.165, 1.54) is 6.20 Å². The number of halogens is 1. The molecule has 13 heavy (non-hydrogen) atoms. The van der Waals surface area contributed by atoms with Gasteiger partial charge in [-0.15, -0.1) is 12.4 Å². The summed E-state index contributed by atoms with van der Waals surface area (Å²) >= 11 is 1.08. The summed E-state index contributed by atoms with van der Waals surface area (Å²) in [5, 5.41) is 15.5. The molecule has 0 bridgehead atoms. The Balaban J connectivity index is 0.00000144. The second-order valence-electron chi connectivity index (χ2n) is 1.99. The van der Waals surface area contributed by atoms with Gasteiger partial charge in [-0.1, -0.05) is 11.8 Å². The third-order valence-electron chi connectivity index (χ3n) is 1.07. The first-order chi connectivity index (χ1) is 5.72. The lowest BCUT2D eigenvalue weighted by Crippen LogP contribution is -2.02. The number of nitriles is 1. The van der Waals surface area contributed by atoms with E-state index in [2.05, 4.69) is 4.98 Å². The van der Waals surface area contributed by atoms with E-state index >= 15 is 0 Å². The molecular formula is C7H7ClN4S. The average molecular weight is 215 g/mol. The van der Waals surface area contributed by atoms with E-state index in [-0.39, 0.29) is 17.6 Å². The number of hydrogen-bond acceptors (Lipinski definition) is 4. The topological polar surface area (TPSA) is 86.5 Å². The van der Waals surface area contributed by atoms with Crippen LogP contribution < -0.4 is 5.73 Å². The molecule has 1 aromatic heterocycles. The van der Waals surface area contributed by atoms with Gasteiger partial charge in [0.25, 0.3) is 0 Å². The molecule has 4 nitrogen and oxygen atoms in total. The minimum absolute atomic E-state index is 0. The molecule has 0 radical (unpaired) electrons. The SMILES string of the molecule is Cl.N#Cc1cncc(SC(=N)N)c1. The van der Waals surface area contributed by atoms with Gasteiger partial charge in [-0.05, 0) is 6.07 Å².